The van der Waals surface area contributed by atoms with Gasteiger partial charge in [-0.05, 0) is 35.7 Å². The summed E-state index contributed by atoms with van der Waals surface area (Å²) in [6, 6.07) is 18.9. The molecule has 0 spiro atoms. The Bertz CT molecular complexity index is 1400. The molecule has 1 saturated heterocycles. The van der Waals surface area contributed by atoms with Gasteiger partial charge in [0, 0.05) is 24.1 Å². The van der Waals surface area contributed by atoms with Crippen LogP contribution in [0.25, 0.3) is 33.4 Å². The number of phenolic OH excluding ortho intramolecular Hbond substituents is 2. The molecule has 2 heterocycles. The van der Waals surface area contributed by atoms with Crippen LogP contribution in [0.2, 0.25) is 0 Å². The molecule has 0 bridgehead atoms. The van der Waals surface area contributed by atoms with Gasteiger partial charge < -0.3 is 24.6 Å². The van der Waals surface area contributed by atoms with Crippen LogP contribution in [0, 0.1) is 0 Å². The Morgan fingerprint density at radius 2 is 1.71 bits per heavy atom. The number of aliphatic hydroxyl groups is 1. The van der Waals surface area contributed by atoms with Crippen molar-refractivity contribution in [3.63, 3.8) is 0 Å². The first-order chi connectivity index (χ1) is 16.5. The average molecular weight is 459 g/mol. The maximum atomic E-state index is 13.2. The molecule has 7 nitrogen and oxygen atoms in total. The Hall–Kier alpha value is -3.65. The molecule has 1 aromatic heterocycles. The lowest BCUT2D eigenvalue weighted by atomic mass is 9.81. The van der Waals surface area contributed by atoms with E-state index in [1.807, 2.05) is 30.3 Å². The second-order valence-electron chi connectivity index (χ2n) is 8.45. The Balaban J connectivity index is 1.83. The van der Waals surface area contributed by atoms with Gasteiger partial charge in [-0.2, -0.15) is 5.06 Å². The molecule has 1 aliphatic rings. The van der Waals surface area contributed by atoms with Gasteiger partial charge in [0.2, 0.25) is 0 Å². The van der Waals surface area contributed by atoms with E-state index in [1.54, 1.807) is 36.4 Å². The summed E-state index contributed by atoms with van der Waals surface area (Å²) in [4.78, 5) is 18.5. The summed E-state index contributed by atoms with van der Waals surface area (Å²) in [5, 5.41) is 34.1. The molecule has 1 aliphatic heterocycles. The van der Waals surface area contributed by atoms with Crippen LogP contribution < -0.4 is 5.43 Å². The molecule has 2 unspecified atom stereocenters. The van der Waals surface area contributed by atoms with Gasteiger partial charge >= 0.3 is 0 Å². The lowest BCUT2D eigenvalue weighted by Gasteiger charge is -2.35. The molecule has 3 N–H and O–H groups in total. The molecule has 0 saturated carbocycles. The van der Waals surface area contributed by atoms with Crippen molar-refractivity contribution >= 4 is 11.0 Å². The van der Waals surface area contributed by atoms with E-state index >= 15 is 0 Å². The monoisotopic (exact) mass is 459 g/mol. The first-order valence-corrected chi connectivity index (χ1v) is 11.1. The van der Waals surface area contributed by atoms with Gasteiger partial charge in [0.05, 0.1) is 25.3 Å². The number of para-hydroxylation sites is 1. The summed E-state index contributed by atoms with van der Waals surface area (Å²) in [5.74, 6) is -0.403. The highest BCUT2D eigenvalue weighted by Crippen LogP contribution is 2.44. The second-order valence-corrected chi connectivity index (χ2v) is 8.45. The number of nitrogens with zero attached hydrogens (tertiary/aromatic N) is 1. The van der Waals surface area contributed by atoms with Gasteiger partial charge in [0.15, 0.2) is 5.43 Å². The standard InChI is InChI=1S/C27H25NO6/c1-33-28-12-11-18(23(32)15-28)25-19(16-7-3-2-4-8-16)13-21(30)26-22(31)14-24(34-27(25)26)17-9-5-6-10-20(17)29/h2-10,13-14,18,23,29-30,32H,11-12,15H2,1H3. The summed E-state index contributed by atoms with van der Waals surface area (Å²) in [6.45, 7) is 0.874. The molecule has 34 heavy (non-hydrogen) atoms. The number of hydroxylamine groups is 2. The normalized spacial score (nSPS) is 18.9. The minimum atomic E-state index is -0.789. The number of benzene rings is 3. The smallest absolute Gasteiger partial charge is 0.197 e. The number of rotatable bonds is 4. The molecule has 0 radical (unpaired) electrons. The summed E-state index contributed by atoms with van der Waals surface area (Å²) >= 11 is 0. The highest BCUT2D eigenvalue weighted by molar-refractivity contribution is 5.94. The topological polar surface area (TPSA) is 103 Å². The lowest BCUT2D eigenvalue weighted by Crippen LogP contribution is -2.42. The SMILES string of the molecule is CON1CCC(c2c(-c3ccccc3)cc(O)c3c(=O)cc(-c4ccccc4O)oc23)C(O)C1. The van der Waals surface area contributed by atoms with Crippen molar-refractivity contribution < 1.29 is 24.6 Å². The Morgan fingerprint density at radius 3 is 2.41 bits per heavy atom. The van der Waals surface area contributed by atoms with Crippen molar-refractivity contribution in [1.29, 1.82) is 0 Å². The van der Waals surface area contributed by atoms with Crippen LogP contribution in [-0.2, 0) is 4.84 Å². The van der Waals surface area contributed by atoms with E-state index in [9.17, 15) is 20.1 Å². The Morgan fingerprint density at radius 1 is 0.971 bits per heavy atom. The maximum Gasteiger partial charge on any atom is 0.197 e. The number of piperidine rings is 1. The maximum absolute atomic E-state index is 13.2. The molecular weight excluding hydrogens is 434 g/mol. The molecule has 1 fully saturated rings. The molecule has 4 aromatic rings. The van der Waals surface area contributed by atoms with Gasteiger partial charge in [-0.25, -0.2) is 0 Å². The van der Waals surface area contributed by atoms with Gasteiger partial charge in [-0.15, -0.1) is 0 Å². The highest BCUT2D eigenvalue weighted by atomic mass is 16.7. The van der Waals surface area contributed by atoms with Gasteiger partial charge in [-0.1, -0.05) is 42.5 Å². The average Bonchev–Trinajstić information content (AvgIpc) is 2.84. The first-order valence-electron chi connectivity index (χ1n) is 11.1. The van der Waals surface area contributed by atoms with Crippen LogP contribution in [-0.4, -0.2) is 46.7 Å². The molecule has 2 atom stereocenters. The summed E-state index contributed by atoms with van der Waals surface area (Å²) in [7, 11) is 1.57. The number of aromatic hydroxyl groups is 2. The zero-order valence-corrected chi connectivity index (χ0v) is 18.6. The van der Waals surface area contributed by atoms with Gasteiger partial charge in [-0.3, -0.25) is 4.79 Å². The summed E-state index contributed by atoms with van der Waals surface area (Å²) < 4.78 is 6.26. The predicted octanol–water partition coefficient (Wildman–Crippen LogP) is 4.25. The largest absolute Gasteiger partial charge is 0.507 e. The molecule has 3 aromatic carbocycles. The van der Waals surface area contributed by atoms with E-state index in [-0.39, 0.29) is 34.1 Å². The van der Waals surface area contributed by atoms with E-state index in [1.165, 1.54) is 12.1 Å². The Kier molecular flexibility index (Phi) is 5.83. The number of hydrogen-bond donors (Lipinski definition) is 3. The van der Waals surface area contributed by atoms with E-state index < -0.39 is 11.5 Å². The van der Waals surface area contributed by atoms with Gasteiger partial charge in [0.25, 0.3) is 0 Å². The van der Waals surface area contributed by atoms with Crippen LogP contribution in [0.1, 0.15) is 17.9 Å². The number of phenols is 2. The van der Waals surface area contributed by atoms with Crippen LogP contribution in [0.5, 0.6) is 11.5 Å². The fourth-order valence-corrected chi connectivity index (χ4v) is 4.78. The van der Waals surface area contributed by atoms with Crippen molar-refractivity contribution in [2.24, 2.45) is 0 Å². The van der Waals surface area contributed by atoms with E-state index in [4.69, 9.17) is 9.25 Å². The third-order valence-corrected chi connectivity index (χ3v) is 6.45. The fraction of sp³-hybridized carbons (Fsp3) is 0.222. The first kappa shape index (κ1) is 22.2. The number of fused-ring (bicyclic) bond motifs is 1. The quantitative estimate of drug-likeness (QED) is 0.419. The molecule has 5 rings (SSSR count). The summed E-state index contributed by atoms with van der Waals surface area (Å²) in [6.07, 6.45) is -0.234. The lowest BCUT2D eigenvalue weighted by molar-refractivity contribution is -0.167. The van der Waals surface area contributed by atoms with E-state index in [0.29, 0.717) is 36.2 Å². The zero-order valence-electron chi connectivity index (χ0n) is 18.6. The van der Waals surface area contributed by atoms with E-state index in [0.717, 1.165) is 5.56 Å². The van der Waals surface area contributed by atoms with Crippen molar-refractivity contribution in [2.45, 2.75) is 18.4 Å². The highest BCUT2D eigenvalue weighted by Gasteiger charge is 2.34. The third kappa shape index (κ3) is 3.84. The zero-order chi connectivity index (χ0) is 23.8. The third-order valence-electron chi connectivity index (χ3n) is 6.45. The van der Waals surface area contributed by atoms with E-state index in [2.05, 4.69) is 0 Å². The minimum absolute atomic E-state index is 0.0246. The Labute approximate surface area is 196 Å². The molecule has 174 valence electrons. The molecular formula is C27H25NO6. The van der Waals surface area contributed by atoms with Crippen molar-refractivity contribution in [3.05, 3.63) is 82.5 Å². The molecule has 0 aliphatic carbocycles. The number of β-amino-alcohol motifs (C(OH)–C–C–N with tert-alkyl or cyclic N) is 1. The summed E-state index contributed by atoms with van der Waals surface area (Å²) in [5.41, 5.74) is 2.30. The van der Waals surface area contributed by atoms with Crippen LogP contribution in [0.4, 0.5) is 0 Å². The van der Waals surface area contributed by atoms with Crippen LogP contribution >= 0.6 is 0 Å². The van der Waals surface area contributed by atoms with Crippen molar-refractivity contribution in [1.82, 2.24) is 5.06 Å². The van der Waals surface area contributed by atoms with Crippen molar-refractivity contribution in [3.8, 4) is 33.9 Å². The number of aliphatic hydroxyl groups excluding tert-OH is 1. The van der Waals surface area contributed by atoms with Crippen LogP contribution in [0.15, 0.2) is 75.9 Å². The fourth-order valence-electron chi connectivity index (χ4n) is 4.78. The second kappa shape index (κ2) is 8.95. The number of hydrogen-bond acceptors (Lipinski definition) is 7. The van der Waals surface area contributed by atoms with Gasteiger partial charge in [0.1, 0.15) is 28.2 Å². The molecule has 7 heteroatoms. The molecule has 0 amide bonds. The minimum Gasteiger partial charge on any atom is -0.507 e. The predicted molar refractivity (Wildman–Crippen MR) is 129 cm³/mol. The van der Waals surface area contributed by atoms with Crippen LogP contribution in [0.3, 0.4) is 0 Å². The van der Waals surface area contributed by atoms with Crippen molar-refractivity contribution in [2.75, 3.05) is 20.2 Å².